The largest absolute Gasteiger partial charge is 0.493 e. The number of benzene rings is 2. The number of anilines is 1. The zero-order chi connectivity index (χ0) is 18.5. The summed E-state index contributed by atoms with van der Waals surface area (Å²) in [5.41, 5.74) is 2.56. The van der Waals surface area contributed by atoms with Crippen molar-refractivity contribution in [1.29, 1.82) is 0 Å². The predicted molar refractivity (Wildman–Crippen MR) is 102 cm³/mol. The lowest BCUT2D eigenvalue weighted by atomic mass is 10.2. The SMILES string of the molecule is CCOc1ccccc1-c1nc(CC(=O)Nc2ccc(C)c(F)c2)cs1. The number of hydrogen-bond acceptors (Lipinski definition) is 4. The van der Waals surface area contributed by atoms with Gasteiger partial charge >= 0.3 is 0 Å². The normalized spacial score (nSPS) is 10.6. The van der Waals surface area contributed by atoms with Crippen molar-refractivity contribution in [3.8, 4) is 16.3 Å². The molecule has 0 aliphatic carbocycles. The molecule has 1 N–H and O–H groups in total. The van der Waals surface area contributed by atoms with Crippen molar-refractivity contribution in [3.63, 3.8) is 0 Å². The molecular weight excluding hydrogens is 351 g/mol. The lowest BCUT2D eigenvalue weighted by molar-refractivity contribution is -0.115. The second kappa shape index (κ2) is 8.10. The molecule has 0 saturated heterocycles. The van der Waals surface area contributed by atoms with Crippen LogP contribution in [0.1, 0.15) is 18.2 Å². The zero-order valence-corrected chi connectivity index (χ0v) is 15.4. The molecule has 0 aliphatic rings. The highest BCUT2D eigenvalue weighted by Gasteiger charge is 2.13. The van der Waals surface area contributed by atoms with E-state index in [1.54, 1.807) is 19.1 Å². The van der Waals surface area contributed by atoms with Gasteiger partial charge in [-0.1, -0.05) is 18.2 Å². The third kappa shape index (κ3) is 4.26. The molecule has 26 heavy (non-hydrogen) atoms. The maximum Gasteiger partial charge on any atom is 0.230 e. The van der Waals surface area contributed by atoms with Crippen LogP contribution in [-0.2, 0) is 11.2 Å². The Morgan fingerprint density at radius 1 is 1.27 bits per heavy atom. The number of nitrogens with zero attached hydrogens (tertiary/aromatic N) is 1. The van der Waals surface area contributed by atoms with Gasteiger partial charge in [-0.05, 0) is 43.7 Å². The van der Waals surface area contributed by atoms with Crippen LogP contribution in [0.25, 0.3) is 10.6 Å². The minimum atomic E-state index is -0.341. The fourth-order valence-corrected chi connectivity index (χ4v) is 3.33. The van der Waals surface area contributed by atoms with Gasteiger partial charge in [-0.3, -0.25) is 4.79 Å². The molecule has 0 fully saturated rings. The van der Waals surface area contributed by atoms with Gasteiger partial charge in [-0.2, -0.15) is 0 Å². The van der Waals surface area contributed by atoms with Crippen molar-refractivity contribution in [1.82, 2.24) is 4.98 Å². The molecule has 4 nitrogen and oxygen atoms in total. The summed E-state index contributed by atoms with van der Waals surface area (Å²) in [5.74, 6) is 0.199. The summed E-state index contributed by atoms with van der Waals surface area (Å²) in [4.78, 5) is 16.7. The van der Waals surface area contributed by atoms with Crippen LogP contribution in [-0.4, -0.2) is 17.5 Å². The molecule has 0 radical (unpaired) electrons. The van der Waals surface area contributed by atoms with E-state index < -0.39 is 0 Å². The number of hydrogen-bond donors (Lipinski definition) is 1. The Morgan fingerprint density at radius 3 is 2.85 bits per heavy atom. The highest BCUT2D eigenvalue weighted by atomic mass is 32.1. The summed E-state index contributed by atoms with van der Waals surface area (Å²) in [6.07, 6.45) is 0.128. The number of thiazole rings is 1. The van der Waals surface area contributed by atoms with Gasteiger partial charge in [0, 0.05) is 11.1 Å². The van der Waals surface area contributed by atoms with Crippen LogP contribution < -0.4 is 10.1 Å². The molecule has 1 amide bonds. The average molecular weight is 370 g/mol. The van der Waals surface area contributed by atoms with Gasteiger partial charge in [-0.25, -0.2) is 9.37 Å². The topological polar surface area (TPSA) is 51.2 Å². The predicted octanol–water partition coefficient (Wildman–Crippen LogP) is 4.84. The highest BCUT2D eigenvalue weighted by molar-refractivity contribution is 7.13. The van der Waals surface area contributed by atoms with Gasteiger partial charge in [0.25, 0.3) is 0 Å². The third-order valence-corrected chi connectivity index (χ3v) is 4.69. The van der Waals surface area contributed by atoms with Crippen LogP contribution >= 0.6 is 11.3 Å². The van der Waals surface area contributed by atoms with E-state index in [2.05, 4.69) is 10.3 Å². The van der Waals surface area contributed by atoms with Crippen LogP contribution in [0.3, 0.4) is 0 Å². The second-order valence-corrected chi connectivity index (χ2v) is 6.62. The minimum Gasteiger partial charge on any atom is -0.493 e. The molecular formula is C20H19FN2O2S. The van der Waals surface area contributed by atoms with Crippen LogP contribution in [0, 0.1) is 12.7 Å². The van der Waals surface area contributed by atoms with Crippen LogP contribution in [0.2, 0.25) is 0 Å². The molecule has 1 heterocycles. The summed E-state index contributed by atoms with van der Waals surface area (Å²) in [6, 6.07) is 12.3. The maximum absolute atomic E-state index is 13.6. The molecule has 0 atom stereocenters. The second-order valence-electron chi connectivity index (χ2n) is 5.76. The van der Waals surface area contributed by atoms with Crippen molar-refractivity contribution in [2.45, 2.75) is 20.3 Å². The molecule has 0 unspecified atom stereocenters. The monoisotopic (exact) mass is 370 g/mol. The van der Waals surface area contributed by atoms with E-state index in [-0.39, 0.29) is 18.1 Å². The summed E-state index contributed by atoms with van der Waals surface area (Å²) in [5, 5.41) is 5.36. The van der Waals surface area contributed by atoms with Crippen LogP contribution in [0.4, 0.5) is 10.1 Å². The van der Waals surface area contributed by atoms with E-state index in [9.17, 15) is 9.18 Å². The fraction of sp³-hybridized carbons (Fsp3) is 0.200. The Bertz CT molecular complexity index is 924. The highest BCUT2D eigenvalue weighted by Crippen LogP contribution is 2.32. The van der Waals surface area contributed by atoms with E-state index in [4.69, 9.17) is 4.74 Å². The van der Waals surface area contributed by atoms with E-state index in [0.717, 1.165) is 16.3 Å². The maximum atomic E-state index is 13.6. The van der Waals surface area contributed by atoms with Crippen LogP contribution in [0.15, 0.2) is 47.8 Å². The van der Waals surface area contributed by atoms with E-state index >= 15 is 0 Å². The number of aromatic nitrogens is 1. The summed E-state index contributed by atoms with van der Waals surface area (Å²) in [6.45, 7) is 4.19. The Kier molecular flexibility index (Phi) is 5.63. The first kappa shape index (κ1) is 18.1. The molecule has 134 valence electrons. The first-order valence-electron chi connectivity index (χ1n) is 8.29. The number of nitrogens with one attached hydrogen (secondary N) is 1. The number of ether oxygens (including phenoxy) is 1. The van der Waals surface area contributed by atoms with Gasteiger partial charge in [0.2, 0.25) is 5.91 Å². The molecule has 2 aromatic carbocycles. The van der Waals surface area contributed by atoms with Gasteiger partial charge in [0.1, 0.15) is 16.6 Å². The Morgan fingerprint density at radius 2 is 2.08 bits per heavy atom. The molecule has 0 bridgehead atoms. The van der Waals surface area contributed by atoms with Crippen molar-refractivity contribution in [3.05, 3.63) is 64.9 Å². The minimum absolute atomic E-state index is 0.128. The molecule has 3 rings (SSSR count). The van der Waals surface area contributed by atoms with Crippen molar-refractivity contribution in [2.75, 3.05) is 11.9 Å². The summed E-state index contributed by atoms with van der Waals surface area (Å²) in [7, 11) is 0. The lowest BCUT2D eigenvalue weighted by Gasteiger charge is -2.07. The van der Waals surface area contributed by atoms with E-state index in [1.165, 1.54) is 17.4 Å². The molecule has 0 spiro atoms. The van der Waals surface area contributed by atoms with Gasteiger partial charge in [0.05, 0.1) is 24.3 Å². The van der Waals surface area contributed by atoms with Crippen molar-refractivity contribution < 1.29 is 13.9 Å². The van der Waals surface area contributed by atoms with Gasteiger partial charge in [0.15, 0.2) is 0 Å². The molecule has 6 heteroatoms. The third-order valence-electron chi connectivity index (χ3n) is 3.77. The van der Waals surface area contributed by atoms with Crippen LogP contribution in [0.5, 0.6) is 5.75 Å². The number of halogens is 1. The number of para-hydroxylation sites is 1. The summed E-state index contributed by atoms with van der Waals surface area (Å²) >= 11 is 1.46. The Labute approximate surface area is 155 Å². The van der Waals surface area contributed by atoms with Crippen molar-refractivity contribution >= 4 is 22.9 Å². The van der Waals surface area contributed by atoms with E-state index in [1.807, 2.05) is 36.6 Å². The lowest BCUT2D eigenvalue weighted by Crippen LogP contribution is -2.14. The first-order chi connectivity index (χ1) is 12.6. The smallest absolute Gasteiger partial charge is 0.230 e. The average Bonchev–Trinajstić information content (AvgIpc) is 3.07. The van der Waals surface area contributed by atoms with Gasteiger partial charge in [-0.15, -0.1) is 11.3 Å². The standard InChI is InChI=1S/C20H19FN2O2S/c1-3-25-18-7-5-4-6-16(18)20-23-15(12-26-20)11-19(24)22-14-9-8-13(2)17(21)10-14/h4-10,12H,3,11H2,1-2H3,(H,22,24). The number of rotatable bonds is 6. The number of amides is 1. The zero-order valence-electron chi connectivity index (χ0n) is 14.6. The molecule has 0 aliphatic heterocycles. The fourth-order valence-electron chi connectivity index (χ4n) is 2.48. The molecule has 3 aromatic rings. The van der Waals surface area contributed by atoms with E-state index in [0.29, 0.717) is 23.6 Å². The Balaban J connectivity index is 1.70. The van der Waals surface area contributed by atoms with Gasteiger partial charge < -0.3 is 10.1 Å². The molecule has 1 aromatic heterocycles. The quantitative estimate of drug-likeness (QED) is 0.676. The number of carbonyl (C=O) groups excluding carboxylic acids is 1. The Hall–Kier alpha value is -2.73. The molecule has 0 saturated carbocycles. The number of carbonyl (C=O) groups is 1. The number of aryl methyl sites for hydroxylation is 1. The van der Waals surface area contributed by atoms with Crippen molar-refractivity contribution in [2.24, 2.45) is 0 Å². The summed E-state index contributed by atoms with van der Waals surface area (Å²) < 4.78 is 19.2. The first-order valence-corrected chi connectivity index (χ1v) is 9.17.